The first-order valence-corrected chi connectivity index (χ1v) is 8.71. The summed E-state index contributed by atoms with van der Waals surface area (Å²) in [5.74, 6) is 0.573. The van der Waals surface area contributed by atoms with Crippen molar-refractivity contribution in [2.45, 2.75) is 26.4 Å². The van der Waals surface area contributed by atoms with Gasteiger partial charge in [0.25, 0.3) is 0 Å². The molecule has 1 aromatic carbocycles. The molecule has 8 nitrogen and oxygen atoms in total. The molecule has 0 radical (unpaired) electrons. The molecule has 0 saturated heterocycles. The van der Waals surface area contributed by atoms with Gasteiger partial charge in [-0.05, 0) is 37.6 Å². The van der Waals surface area contributed by atoms with E-state index in [0.717, 1.165) is 16.9 Å². The zero-order valence-corrected chi connectivity index (χ0v) is 15.2. The lowest BCUT2D eigenvalue weighted by atomic mass is 10.2. The van der Waals surface area contributed by atoms with Gasteiger partial charge in [-0.25, -0.2) is 19.6 Å². The maximum Gasteiger partial charge on any atom is 0.223 e. The molecule has 3 aromatic heterocycles. The van der Waals surface area contributed by atoms with Crippen LogP contribution in [0.3, 0.4) is 0 Å². The highest BCUT2D eigenvalue weighted by Gasteiger charge is 2.09. The molecule has 3 heterocycles. The van der Waals surface area contributed by atoms with Crippen LogP contribution in [0.5, 0.6) is 0 Å². The van der Waals surface area contributed by atoms with Crippen molar-refractivity contribution in [3.05, 3.63) is 67.1 Å². The Morgan fingerprint density at radius 2 is 2.11 bits per heavy atom. The number of hydrogen-bond acceptors (Lipinski definition) is 6. The highest BCUT2D eigenvalue weighted by atomic mass is 15.3. The second kappa shape index (κ2) is 7.36. The van der Waals surface area contributed by atoms with Crippen LogP contribution in [0.1, 0.15) is 12.5 Å². The first-order valence-electron chi connectivity index (χ1n) is 8.71. The third kappa shape index (κ3) is 4.00. The minimum Gasteiger partial charge on any atom is -0.350 e. The minimum atomic E-state index is 0.108. The van der Waals surface area contributed by atoms with Crippen LogP contribution in [0.15, 0.2) is 61.6 Å². The van der Waals surface area contributed by atoms with Gasteiger partial charge >= 0.3 is 0 Å². The summed E-state index contributed by atoms with van der Waals surface area (Å²) < 4.78 is 3.62. The molecule has 27 heavy (non-hydrogen) atoms. The van der Waals surface area contributed by atoms with Gasteiger partial charge in [-0.1, -0.05) is 12.1 Å². The standard InChI is InChI=1S/C19H20N8/c1-14-4-3-5-17(8-14)27-11-16(9-22-27)18-6-7-21-19(25-18)24-15(2)10-26-13-20-12-23-26/h3-9,11-13,15H,10H2,1-2H3,(H,21,24,25)/t15-/m1/s1. The maximum atomic E-state index is 4.62. The lowest BCUT2D eigenvalue weighted by Crippen LogP contribution is -2.23. The highest BCUT2D eigenvalue weighted by Crippen LogP contribution is 2.19. The van der Waals surface area contributed by atoms with Crippen LogP contribution in [0.2, 0.25) is 0 Å². The molecule has 1 N–H and O–H groups in total. The maximum absolute atomic E-state index is 4.62. The van der Waals surface area contributed by atoms with Crippen molar-refractivity contribution in [3.63, 3.8) is 0 Å². The first kappa shape index (κ1) is 16.9. The van der Waals surface area contributed by atoms with Crippen molar-refractivity contribution >= 4 is 5.95 Å². The topological polar surface area (TPSA) is 86.3 Å². The fourth-order valence-electron chi connectivity index (χ4n) is 2.83. The Bertz CT molecular complexity index is 1020. The van der Waals surface area contributed by atoms with Crippen molar-refractivity contribution in [1.82, 2.24) is 34.5 Å². The molecule has 4 rings (SSSR count). The molecule has 0 saturated carbocycles. The van der Waals surface area contributed by atoms with Gasteiger partial charge in [-0.3, -0.25) is 4.68 Å². The third-order valence-corrected chi connectivity index (χ3v) is 4.10. The first-order chi connectivity index (χ1) is 13.2. The van der Waals surface area contributed by atoms with E-state index >= 15 is 0 Å². The molecule has 0 aliphatic heterocycles. The summed E-state index contributed by atoms with van der Waals surface area (Å²) in [7, 11) is 0. The molecule has 1 atom stereocenters. The quantitative estimate of drug-likeness (QED) is 0.569. The molecule has 0 amide bonds. The van der Waals surface area contributed by atoms with E-state index in [1.807, 2.05) is 42.2 Å². The molecule has 0 unspecified atom stereocenters. The molecular formula is C19H20N8. The average Bonchev–Trinajstić information content (AvgIpc) is 3.34. The number of nitrogens with zero attached hydrogens (tertiary/aromatic N) is 7. The zero-order chi connectivity index (χ0) is 18.6. The van der Waals surface area contributed by atoms with E-state index in [4.69, 9.17) is 0 Å². The van der Waals surface area contributed by atoms with Gasteiger partial charge in [0.1, 0.15) is 12.7 Å². The van der Waals surface area contributed by atoms with Crippen molar-refractivity contribution in [2.75, 3.05) is 5.32 Å². The average molecular weight is 360 g/mol. The van der Waals surface area contributed by atoms with Crippen molar-refractivity contribution < 1.29 is 0 Å². The minimum absolute atomic E-state index is 0.108. The van der Waals surface area contributed by atoms with E-state index in [0.29, 0.717) is 12.5 Å². The van der Waals surface area contributed by atoms with Crippen LogP contribution < -0.4 is 5.32 Å². The molecule has 136 valence electrons. The third-order valence-electron chi connectivity index (χ3n) is 4.10. The van der Waals surface area contributed by atoms with E-state index in [1.165, 1.54) is 11.9 Å². The summed E-state index contributed by atoms with van der Waals surface area (Å²) in [5.41, 5.74) is 3.97. The Labute approximate surface area is 156 Å². The van der Waals surface area contributed by atoms with Gasteiger partial charge in [0.15, 0.2) is 0 Å². The van der Waals surface area contributed by atoms with Crippen LogP contribution in [-0.4, -0.2) is 40.6 Å². The summed E-state index contributed by atoms with van der Waals surface area (Å²) in [5, 5.41) is 11.9. The van der Waals surface area contributed by atoms with Gasteiger partial charge < -0.3 is 5.32 Å². The number of nitrogens with one attached hydrogen (secondary N) is 1. The van der Waals surface area contributed by atoms with Crippen LogP contribution in [-0.2, 0) is 6.54 Å². The van der Waals surface area contributed by atoms with Gasteiger partial charge in [0.2, 0.25) is 5.95 Å². The molecule has 4 aromatic rings. The van der Waals surface area contributed by atoms with Crippen molar-refractivity contribution in [1.29, 1.82) is 0 Å². The number of anilines is 1. The van der Waals surface area contributed by atoms with Crippen LogP contribution in [0.4, 0.5) is 5.95 Å². The molecule has 0 aliphatic carbocycles. The second-order valence-electron chi connectivity index (χ2n) is 6.44. The van der Waals surface area contributed by atoms with Crippen LogP contribution in [0, 0.1) is 6.92 Å². The fourth-order valence-corrected chi connectivity index (χ4v) is 2.83. The molecule has 8 heteroatoms. The molecule has 0 spiro atoms. The summed E-state index contributed by atoms with van der Waals surface area (Å²) in [6.07, 6.45) is 8.74. The number of aromatic nitrogens is 7. The van der Waals surface area contributed by atoms with E-state index in [-0.39, 0.29) is 6.04 Å². The smallest absolute Gasteiger partial charge is 0.223 e. The van der Waals surface area contributed by atoms with Crippen LogP contribution >= 0.6 is 0 Å². The fraction of sp³-hybridized carbons (Fsp3) is 0.211. The Balaban J connectivity index is 1.51. The van der Waals surface area contributed by atoms with E-state index < -0.39 is 0 Å². The summed E-state index contributed by atoms with van der Waals surface area (Å²) in [4.78, 5) is 12.9. The lowest BCUT2D eigenvalue weighted by molar-refractivity contribution is 0.557. The number of aryl methyl sites for hydroxylation is 1. The van der Waals surface area contributed by atoms with Crippen molar-refractivity contribution in [2.24, 2.45) is 0 Å². The van der Waals surface area contributed by atoms with Crippen LogP contribution in [0.25, 0.3) is 16.9 Å². The van der Waals surface area contributed by atoms with Gasteiger partial charge in [0, 0.05) is 24.0 Å². The normalized spacial score (nSPS) is 12.1. The van der Waals surface area contributed by atoms with Gasteiger partial charge in [-0.15, -0.1) is 0 Å². The molecule has 0 fully saturated rings. The largest absolute Gasteiger partial charge is 0.350 e. The van der Waals surface area contributed by atoms with E-state index in [1.54, 1.807) is 17.2 Å². The van der Waals surface area contributed by atoms with E-state index in [9.17, 15) is 0 Å². The molecular weight excluding hydrogens is 340 g/mol. The lowest BCUT2D eigenvalue weighted by Gasteiger charge is -2.13. The Hall–Kier alpha value is -3.55. The molecule has 0 aliphatic rings. The van der Waals surface area contributed by atoms with E-state index in [2.05, 4.69) is 49.5 Å². The monoisotopic (exact) mass is 360 g/mol. The Morgan fingerprint density at radius 3 is 2.93 bits per heavy atom. The predicted octanol–water partition coefficient (Wildman–Crippen LogP) is 2.73. The molecule has 0 bridgehead atoms. The second-order valence-corrected chi connectivity index (χ2v) is 6.44. The number of hydrogen-bond donors (Lipinski definition) is 1. The Kier molecular flexibility index (Phi) is 4.61. The summed E-state index contributed by atoms with van der Waals surface area (Å²) >= 11 is 0. The predicted molar refractivity (Wildman–Crippen MR) is 102 cm³/mol. The summed E-state index contributed by atoms with van der Waals surface area (Å²) in [6, 6.07) is 10.2. The SMILES string of the molecule is Cc1cccc(-n2cc(-c3ccnc(N[C@H](C)Cn4cncn4)n3)cn2)c1. The van der Waals surface area contributed by atoms with Crippen molar-refractivity contribution in [3.8, 4) is 16.9 Å². The Morgan fingerprint density at radius 1 is 1.19 bits per heavy atom. The van der Waals surface area contributed by atoms with Gasteiger partial charge in [-0.2, -0.15) is 10.2 Å². The van der Waals surface area contributed by atoms with Gasteiger partial charge in [0.05, 0.1) is 24.1 Å². The highest BCUT2D eigenvalue weighted by molar-refractivity contribution is 5.59. The summed E-state index contributed by atoms with van der Waals surface area (Å²) in [6.45, 7) is 4.79. The number of rotatable bonds is 6. The zero-order valence-electron chi connectivity index (χ0n) is 15.2. The number of benzene rings is 1.